The second kappa shape index (κ2) is 4.28. The van der Waals surface area contributed by atoms with Crippen LogP contribution >= 0.6 is 0 Å². The topological polar surface area (TPSA) is 17.1 Å². The van der Waals surface area contributed by atoms with Crippen LogP contribution in [0.3, 0.4) is 0 Å². The number of rotatable bonds is 2. The van der Waals surface area contributed by atoms with Crippen molar-refractivity contribution in [3.63, 3.8) is 0 Å². The van der Waals surface area contributed by atoms with Gasteiger partial charge in [-0.2, -0.15) is 0 Å². The number of hydrogen-bond donors (Lipinski definition) is 0. The van der Waals surface area contributed by atoms with Gasteiger partial charge in [0.05, 0.1) is 0 Å². The molecule has 0 spiro atoms. The molecule has 0 amide bonds. The first-order valence-corrected chi connectivity index (χ1v) is 4.88. The van der Waals surface area contributed by atoms with Crippen molar-refractivity contribution in [3.8, 4) is 0 Å². The van der Waals surface area contributed by atoms with Crippen LogP contribution in [0.5, 0.6) is 0 Å². The van der Waals surface area contributed by atoms with Crippen LogP contribution in [0, 0.1) is 22.9 Å². The van der Waals surface area contributed by atoms with Crippen LogP contribution < -0.4 is 0 Å². The molecule has 0 atom stereocenters. The van der Waals surface area contributed by atoms with Gasteiger partial charge in [0.15, 0.2) is 23.2 Å². The highest BCUT2D eigenvalue weighted by Crippen LogP contribution is 2.23. The van der Waals surface area contributed by atoms with Crippen molar-refractivity contribution < 1.29 is 18.0 Å². The summed E-state index contributed by atoms with van der Waals surface area (Å²) in [6.45, 7) is 5.50. The van der Waals surface area contributed by atoms with Crippen molar-refractivity contribution in [2.24, 2.45) is 5.41 Å². The summed E-state index contributed by atoms with van der Waals surface area (Å²) in [5.41, 5.74) is -0.412. The average Bonchev–Trinajstić information content (AvgIpc) is 2.10. The van der Waals surface area contributed by atoms with Gasteiger partial charge in [-0.25, -0.2) is 13.2 Å². The Bertz CT molecular complexity index is 396. The molecule has 0 bridgehead atoms. The maximum absolute atomic E-state index is 12.9. The van der Waals surface area contributed by atoms with Crippen LogP contribution in [0.1, 0.15) is 37.6 Å². The van der Waals surface area contributed by atoms with Crippen LogP contribution in [0.4, 0.5) is 13.2 Å². The molecule has 4 heteroatoms. The molecule has 0 fully saturated rings. The third-order valence-electron chi connectivity index (χ3n) is 2.00. The first kappa shape index (κ1) is 12.7. The lowest BCUT2D eigenvalue weighted by Gasteiger charge is -2.16. The van der Waals surface area contributed by atoms with Gasteiger partial charge in [-0.05, 0) is 17.5 Å². The molecular weight excluding hydrogens is 217 g/mol. The summed E-state index contributed by atoms with van der Waals surface area (Å²) >= 11 is 0. The lowest BCUT2D eigenvalue weighted by Crippen LogP contribution is -2.13. The molecule has 0 saturated carbocycles. The second-order valence-corrected chi connectivity index (χ2v) is 4.91. The van der Waals surface area contributed by atoms with Gasteiger partial charge in [-0.15, -0.1) is 0 Å². The summed E-state index contributed by atoms with van der Waals surface area (Å²) in [6, 6.07) is 1.46. The number of ketones is 1. The van der Waals surface area contributed by atoms with E-state index in [-0.39, 0.29) is 17.4 Å². The minimum Gasteiger partial charge on any atom is -0.294 e. The maximum Gasteiger partial charge on any atom is 0.194 e. The van der Waals surface area contributed by atoms with E-state index in [2.05, 4.69) is 0 Å². The van der Waals surface area contributed by atoms with Crippen molar-refractivity contribution in [3.05, 3.63) is 35.1 Å². The Morgan fingerprint density at radius 3 is 1.94 bits per heavy atom. The monoisotopic (exact) mass is 230 g/mol. The number of Topliss-reactive ketones (excluding diaryl/α,β-unsaturated/α-hetero) is 1. The molecule has 1 aromatic carbocycles. The van der Waals surface area contributed by atoms with Gasteiger partial charge in [0.1, 0.15) is 0 Å². The third-order valence-corrected chi connectivity index (χ3v) is 2.00. The largest absolute Gasteiger partial charge is 0.294 e. The lowest BCUT2D eigenvalue weighted by molar-refractivity contribution is 0.0938. The molecule has 1 aromatic rings. The zero-order valence-electron chi connectivity index (χ0n) is 9.40. The Balaban J connectivity index is 3.02. The number of hydrogen-bond acceptors (Lipinski definition) is 1. The van der Waals surface area contributed by atoms with E-state index >= 15 is 0 Å². The molecule has 0 radical (unpaired) electrons. The predicted molar refractivity (Wildman–Crippen MR) is 54.7 cm³/mol. The molecule has 1 rings (SSSR count). The van der Waals surface area contributed by atoms with Gasteiger partial charge in [-0.1, -0.05) is 20.8 Å². The Kier molecular flexibility index (Phi) is 3.41. The van der Waals surface area contributed by atoms with E-state index in [0.717, 1.165) is 12.1 Å². The van der Waals surface area contributed by atoms with Crippen LogP contribution in [-0.2, 0) is 0 Å². The molecule has 0 aliphatic rings. The first-order chi connectivity index (χ1) is 7.20. The van der Waals surface area contributed by atoms with Crippen molar-refractivity contribution in [2.75, 3.05) is 0 Å². The molecule has 0 heterocycles. The molecule has 88 valence electrons. The van der Waals surface area contributed by atoms with E-state index in [9.17, 15) is 18.0 Å². The summed E-state index contributed by atoms with van der Waals surface area (Å²) in [5, 5.41) is 0. The second-order valence-electron chi connectivity index (χ2n) is 4.91. The molecule has 0 N–H and O–H groups in total. The minimum absolute atomic E-state index is 0.133. The summed E-state index contributed by atoms with van der Waals surface area (Å²) < 4.78 is 38.4. The summed E-state index contributed by atoms with van der Waals surface area (Å²) in [7, 11) is 0. The first-order valence-electron chi connectivity index (χ1n) is 4.88. The predicted octanol–water partition coefficient (Wildman–Crippen LogP) is 3.72. The summed E-state index contributed by atoms with van der Waals surface area (Å²) in [4.78, 5) is 11.6. The maximum atomic E-state index is 12.9. The fraction of sp³-hybridized carbons (Fsp3) is 0.417. The molecule has 0 unspecified atom stereocenters. The third kappa shape index (κ3) is 3.08. The van der Waals surface area contributed by atoms with Gasteiger partial charge in [0.25, 0.3) is 0 Å². The molecule has 0 aliphatic carbocycles. The van der Waals surface area contributed by atoms with Gasteiger partial charge >= 0.3 is 0 Å². The number of carbonyl (C=O) groups is 1. The van der Waals surface area contributed by atoms with Gasteiger partial charge in [0.2, 0.25) is 0 Å². The molecule has 0 aromatic heterocycles. The Hall–Kier alpha value is -1.32. The van der Waals surface area contributed by atoms with Crippen molar-refractivity contribution >= 4 is 5.78 Å². The molecule has 16 heavy (non-hydrogen) atoms. The standard InChI is InChI=1S/C12H13F3O/c1-12(2,3)6-10(16)7-4-8(13)11(15)9(14)5-7/h4-5H,6H2,1-3H3. The Morgan fingerprint density at radius 2 is 1.56 bits per heavy atom. The minimum atomic E-state index is -1.55. The smallest absolute Gasteiger partial charge is 0.194 e. The SMILES string of the molecule is CC(C)(C)CC(=O)c1cc(F)c(F)c(F)c1. The Labute approximate surface area is 92.3 Å². The zero-order chi connectivity index (χ0) is 12.5. The van der Waals surface area contributed by atoms with Gasteiger partial charge in [-0.3, -0.25) is 4.79 Å². The van der Waals surface area contributed by atoms with Crippen molar-refractivity contribution in [1.82, 2.24) is 0 Å². The van der Waals surface area contributed by atoms with Crippen LogP contribution in [0.2, 0.25) is 0 Å². The average molecular weight is 230 g/mol. The van der Waals surface area contributed by atoms with Gasteiger partial charge in [0, 0.05) is 12.0 Å². The lowest BCUT2D eigenvalue weighted by atomic mass is 9.88. The molecule has 1 nitrogen and oxygen atoms in total. The van der Waals surface area contributed by atoms with E-state index in [1.807, 2.05) is 20.8 Å². The van der Waals surface area contributed by atoms with E-state index < -0.39 is 23.2 Å². The fourth-order valence-corrected chi connectivity index (χ4v) is 1.30. The van der Waals surface area contributed by atoms with E-state index in [4.69, 9.17) is 0 Å². The van der Waals surface area contributed by atoms with Crippen molar-refractivity contribution in [2.45, 2.75) is 27.2 Å². The van der Waals surface area contributed by atoms with E-state index in [1.54, 1.807) is 0 Å². The fourth-order valence-electron chi connectivity index (χ4n) is 1.30. The normalized spacial score (nSPS) is 11.6. The number of benzene rings is 1. The van der Waals surface area contributed by atoms with E-state index in [0.29, 0.717) is 0 Å². The number of halogens is 3. The highest BCUT2D eigenvalue weighted by molar-refractivity contribution is 5.96. The van der Waals surface area contributed by atoms with Crippen molar-refractivity contribution in [1.29, 1.82) is 0 Å². The molecule has 0 aliphatic heterocycles. The van der Waals surface area contributed by atoms with Gasteiger partial charge < -0.3 is 0 Å². The molecule has 0 saturated heterocycles. The zero-order valence-corrected chi connectivity index (χ0v) is 9.40. The quantitative estimate of drug-likeness (QED) is 0.559. The van der Waals surface area contributed by atoms with Crippen LogP contribution in [0.15, 0.2) is 12.1 Å². The highest BCUT2D eigenvalue weighted by Gasteiger charge is 2.20. The Morgan fingerprint density at radius 1 is 1.12 bits per heavy atom. The van der Waals surface area contributed by atoms with Crippen LogP contribution in [-0.4, -0.2) is 5.78 Å². The number of carbonyl (C=O) groups excluding carboxylic acids is 1. The van der Waals surface area contributed by atoms with E-state index in [1.165, 1.54) is 0 Å². The highest BCUT2D eigenvalue weighted by atomic mass is 19.2. The van der Waals surface area contributed by atoms with Crippen LogP contribution in [0.25, 0.3) is 0 Å². The summed E-state index contributed by atoms with van der Waals surface area (Å²) in [5.74, 6) is -4.62. The molecular formula is C12H13F3O. The summed E-state index contributed by atoms with van der Waals surface area (Å²) in [6.07, 6.45) is 0.150.